The van der Waals surface area contributed by atoms with Gasteiger partial charge in [-0.05, 0) is 58.2 Å². The number of hydrogen-bond acceptors (Lipinski definition) is 3. The molecule has 1 aliphatic heterocycles. The van der Waals surface area contributed by atoms with Gasteiger partial charge in [-0.2, -0.15) is 0 Å². The van der Waals surface area contributed by atoms with E-state index in [1.165, 1.54) is 6.07 Å². The van der Waals surface area contributed by atoms with Crippen LogP contribution in [0.2, 0.25) is 0 Å². The predicted octanol–water partition coefficient (Wildman–Crippen LogP) is 3.77. The van der Waals surface area contributed by atoms with Crippen molar-refractivity contribution in [3.05, 3.63) is 29.6 Å². The van der Waals surface area contributed by atoms with Crippen molar-refractivity contribution in [2.24, 2.45) is 4.99 Å². The number of guanidine groups is 1. The monoisotopic (exact) mass is 492 g/mol. The van der Waals surface area contributed by atoms with Gasteiger partial charge in [0.05, 0.1) is 13.2 Å². The van der Waals surface area contributed by atoms with E-state index in [-0.39, 0.29) is 29.8 Å². The fourth-order valence-electron chi connectivity index (χ4n) is 3.16. The highest BCUT2D eigenvalue weighted by atomic mass is 127. The number of hydrogen-bond donors (Lipinski definition) is 2. The van der Waals surface area contributed by atoms with Crippen LogP contribution in [0.3, 0.4) is 0 Å². The van der Waals surface area contributed by atoms with Crippen molar-refractivity contribution in [2.45, 2.75) is 59.2 Å². The van der Waals surface area contributed by atoms with Gasteiger partial charge in [0.1, 0.15) is 0 Å². The maximum atomic E-state index is 14.0. The van der Waals surface area contributed by atoms with Crippen molar-refractivity contribution < 1.29 is 9.13 Å². The fourth-order valence-corrected chi connectivity index (χ4v) is 3.16. The number of likely N-dealkylation sites (tertiary alicyclic amines) is 1. The van der Waals surface area contributed by atoms with E-state index in [4.69, 9.17) is 4.74 Å². The second-order valence-electron chi connectivity index (χ2n) is 6.94. The standard InChI is InChI=1S/C20H33FN4O.HI/c1-5-22-20(24-17-9-11-25(12-10-17)15(3)4)23-14-16-7-8-19(26-6-2)18(21)13-16;/h7-8,13,15,17H,5-6,9-12,14H2,1-4H3,(H2,22,23,24);1H. The Bertz CT molecular complexity index is 589. The van der Waals surface area contributed by atoms with E-state index in [0.717, 1.165) is 44.0 Å². The van der Waals surface area contributed by atoms with E-state index in [1.54, 1.807) is 6.07 Å². The minimum Gasteiger partial charge on any atom is -0.491 e. The zero-order valence-electron chi connectivity index (χ0n) is 16.9. The minimum atomic E-state index is -0.335. The highest BCUT2D eigenvalue weighted by molar-refractivity contribution is 14.0. The first-order chi connectivity index (χ1) is 12.5. The molecule has 2 N–H and O–H groups in total. The predicted molar refractivity (Wildman–Crippen MR) is 121 cm³/mol. The van der Waals surface area contributed by atoms with Crippen LogP contribution in [-0.4, -0.2) is 49.2 Å². The molecule has 1 saturated heterocycles. The summed E-state index contributed by atoms with van der Waals surface area (Å²) in [5.41, 5.74) is 0.831. The molecule has 0 spiro atoms. The molecule has 1 aromatic carbocycles. The summed E-state index contributed by atoms with van der Waals surface area (Å²) in [7, 11) is 0. The molecule has 0 atom stereocenters. The number of rotatable bonds is 7. The van der Waals surface area contributed by atoms with Crippen LogP contribution in [-0.2, 0) is 6.54 Å². The first kappa shape index (κ1) is 23.9. The Kier molecular flexibility index (Phi) is 11.0. The second-order valence-corrected chi connectivity index (χ2v) is 6.94. The van der Waals surface area contributed by atoms with Crippen molar-refractivity contribution in [3.63, 3.8) is 0 Å². The van der Waals surface area contributed by atoms with Gasteiger partial charge in [0.2, 0.25) is 0 Å². The second kappa shape index (κ2) is 12.4. The van der Waals surface area contributed by atoms with Gasteiger partial charge in [0.25, 0.3) is 0 Å². The Morgan fingerprint density at radius 3 is 2.56 bits per heavy atom. The number of aliphatic imine (C=N–C) groups is 1. The molecule has 0 aliphatic carbocycles. The summed E-state index contributed by atoms with van der Waals surface area (Å²) in [5.74, 6) is 0.755. The minimum absolute atomic E-state index is 0. The van der Waals surface area contributed by atoms with Crippen molar-refractivity contribution in [3.8, 4) is 5.75 Å². The third-order valence-electron chi connectivity index (χ3n) is 4.66. The normalized spacial score (nSPS) is 16.1. The zero-order chi connectivity index (χ0) is 18.9. The summed E-state index contributed by atoms with van der Waals surface area (Å²) in [6.07, 6.45) is 2.22. The molecule has 1 heterocycles. The molecule has 0 amide bonds. The number of ether oxygens (including phenoxy) is 1. The molecule has 0 saturated carbocycles. The van der Waals surface area contributed by atoms with Crippen LogP contribution in [0.1, 0.15) is 46.1 Å². The molecule has 5 nitrogen and oxygen atoms in total. The van der Waals surface area contributed by atoms with Gasteiger partial charge in [-0.15, -0.1) is 24.0 Å². The average Bonchev–Trinajstić information content (AvgIpc) is 2.62. The molecular formula is C20H34FIN4O. The van der Waals surface area contributed by atoms with E-state index >= 15 is 0 Å². The molecule has 0 unspecified atom stereocenters. The van der Waals surface area contributed by atoms with Gasteiger partial charge in [-0.25, -0.2) is 9.38 Å². The topological polar surface area (TPSA) is 48.9 Å². The van der Waals surface area contributed by atoms with Crippen LogP contribution in [0.4, 0.5) is 4.39 Å². The van der Waals surface area contributed by atoms with Crippen LogP contribution in [0.5, 0.6) is 5.75 Å². The van der Waals surface area contributed by atoms with Crippen molar-refractivity contribution in [1.82, 2.24) is 15.5 Å². The highest BCUT2D eigenvalue weighted by Gasteiger charge is 2.21. The SMILES string of the molecule is CCNC(=NCc1ccc(OCC)c(F)c1)NC1CCN(C(C)C)CC1.I. The summed E-state index contributed by atoms with van der Waals surface area (Å²) < 4.78 is 19.2. The maximum Gasteiger partial charge on any atom is 0.191 e. The van der Waals surface area contributed by atoms with Crippen LogP contribution in [0.25, 0.3) is 0 Å². The van der Waals surface area contributed by atoms with Crippen molar-refractivity contribution >= 4 is 29.9 Å². The van der Waals surface area contributed by atoms with Gasteiger partial charge in [-0.1, -0.05) is 6.07 Å². The lowest BCUT2D eigenvalue weighted by atomic mass is 10.0. The number of nitrogens with one attached hydrogen (secondary N) is 2. The van der Waals surface area contributed by atoms with Crippen LogP contribution in [0.15, 0.2) is 23.2 Å². The molecule has 0 bridgehead atoms. The number of piperidine rings is 1. The Morgan fingerprint density at radius 1 is 1.30 bits per heavy atom. The first-order valence-electron chi connectivity index (χ1n) is 9.73. The van der Waals surface area contributed by atoms with Gasteiger partial charge in [-0.3, -0.25) is 0 Å². The van der Waals surface area contributed by atoms with Crippen LogP contribution in [0, 0.1) is 5.82 Å². The highest BCUT2D eigenvalue weighted by Crippen LogP contribution is 2.19. The third kappa shape index (κ3) is 7.81. The number of nitrogens with zero attached hydrogens (tertiary/aromatic N) is 2. The molecule has 1 aliphatic rings. The number of halogens is 2. The summed E-state index contributed by atoms with van der Waals surface area (Å²) >= 11 is 0. The Labute approximate surface area is 180 Å². The lowest BCUT2D eigenvalue weighted by molar-refractivity contribution is 0.167. The summed E-state index contributed by atoms with van der Waals surface area (Å²) in [5, 5.41) is 6.81. The fraction of sp³-hybridized carbons (Fsp3) is 0.650. The van der Waals surface area contributed by atoms with Gasteiger partial charge < -0.3 is 20.3 Å². The maximum absolute atomic E-state index is 14.0. The van der Waals surface area contributed by atoms with E-state index in [0.29, 0.717) is 31.0 Å². The summed E-state index contributed by atoms with van der Waals surface area (Å²) in [4.78, 5) is 7.13. The molecule has 27 heavy (non-hydrogen) atoms. The molecule has 0 aromatic heterocycles. The van der Waals surface area contributed by atoms with E-state index in [2.05, 4.69) is 41.3 Å². The largest absolute Gasteiger partial charge is 0.491 e. The van der Waals surface area contributed by atoms with Crippen molar-refractivity contribution in [1.29, 1.82) is 0 Å². The molecule has 154 valence electrons. The third-order valence-corrected chi connectivity index (χ3v) is 4.66. The molecule has 2 rings (SSSR count). The van der Waals surface area contributed by atoms with Crippen LogP contribution >= 0.6 is 24.0 Å². The quantitative estimate of drug-likeness (QED) is 0.346. The number of benzene rings is 1. The van der Waals surface area contributed by atoms with Gasteiger partial charge in [0.15, 0.2) is 17.5 Å². The lowest BCUT2D eigenvalue weighted by Crippen LogP contribution is -2.49. The van der Waals surface area contributed by atoms with E-state index in [1.807, 2.05) is 13.0 Å². The lowest BCUT2D eigenvalue weighted by Gasteiger charge is -2.35. The van der Waals surface area contributed by atoms with E-state index in [9.17, 15) is 4.39 Å². The summed E-state index contributed by atoms with van der Waals surface area (Å²) in [6.45, 7) is 12.3. The Morgan fingerprint density at radius 2 is 2.00 bits per heavy atom. The Balaban J connectivity index is 0.00000364. The summed E-state index contributed by atoms with van der Waals surface area (Å²) in [6, 6.07) is 6.07. The smallest absolute Gasteiger partial charge is 0.191 e. The van der Waals surface area contributed by atoms with E-state index < -0.39 is 0 Å². The molecule has 1 aromatic rings. The Hall–Kier alpha value is -1.09. The molecular weight excluding hydrogens is 458 g/mol. The molecule has 7 heteroatoms. The van der Waals surface area contributed by atoms with Gasteiger partial charge in [0, 0.05) is 31.7 Å². The first-order valence-corrected chi connectivity index (χ1v) is 9.73. The molecule has 0 radical (unpaired) electrons. The van der Waals surface area contributed by atoms with Crippen molar-refractivity contribution in [2.75, 3.05) is 26.2 Å². The van der Waals surface area contributed by atoms with Crippen LogP contribution < -0.4 is 15.4 Å². The van der Waals surface area contributed by atoms with Gasteiger partial charge >= 0.3 is 0 Å². The zero-order valence-corrected chi connectivity index (χ0v) is 19.3. The average molecular weight is 492 g/mol. The molecule has 1 fully saturated rings.